The van der Waals surface area contributed by atoms with Gasteiger partial charge in [0.2, 0.25) is 5.95 Å². The van der Waals surface area contributed by atoms with Gasteiger partial charge in [0.15, 0.2) is 0 Å². The van der Waals surface area contributed by atoms with Crippen molar-refractivity contribution < 1.29 is 13.9 Å². The van der Waals surface area contributed by atoms with E-state index in [1.807, 2.05) is 6.92 Å². The van der Waals surface area contributed by atoms with Crippen LogP contribution in [-0.2, 0) is 0 Å². The van der Waals surface area contributed by atoms with Crippen molar-refractivity contribution in [3.8, 4) is 17.8 Å². The quantitative estimate of drug-likeness (QED) is 0.914. The maximum Gasteiger partial charge on any atom is 0.330 e. The Kier molecular flexibility index (Phi) is 4.52. The molecular formula is C12H12ClFN4O2. The molecule has 20 heavy (non-hydrogen) atoms. The molecule has 0 atom stereocenters. The van der Waals surface area contributed by atoms with E-state index in [1.165, 1.54) is 12.1 Å². The van der Waals surface area contributed by atoms with Crippen LogP contribution in [0.15, 0.2) is 18.2 Å². The van der Waals surface area contributed by atoms with Crippen LogP contribution in [0.3, 0.4) is 0 Å². The molecule has 2 N–H and O–H groups in total. The van der Waals surface area contributed by atoms with Gasteiger partial charge in [-0.05, 0) is 18.6 Å². The number of aromatic nitrogens is 3. The maximum absolute atomic E-state index is 13.3. The van der Waals surface area contributed by atoms with Gasteiger partial charge < -0.3 is 15.2 Å². The summed E-state index contributed by atoms with van der Waals surface area (Å²) < 4.78 is 23.8. The molecule has 0 aliphatic carbocycles. The highest BCUT2D eigenvalue weighted by Gasteiger charge is 2.09. The molecule has 0 aliphatic heterocycles. The third kappa shape index (κ3) is 3.67. The van der Waals surface area contributed by atoms with E-state index in [4.69, 9.17) is 26.8 Å². The number of hydrogen-bond acceptors (Lipinski definition) is 6. The number of anilines is 1. The third-order valence-corrected chi connectivity index (χ3v) is 2.45. The predicted molar refractivity (Wildman–Crippen MR) is 71.5 cm³/mol. The molecule has 1 aromatic carbocycles. The number of hydrogen-bond donors (Lipinski definition) is 1. The van der Waals surface area contributed by atoms with Crippen LogP contribution in [0.2, 0.25) is 5.02 Å². The van der Waals surface area contributed by atoms with E-state index in [1.54, 1.807) is 0 Å². The van der Waals surface area contributed by atoms with E-state index in [0.717, 1.165) is 12.5 Å². The van der Waals surface area contributed by atoms with Gasteiger partial charge in [-0.1, -0.05) is 18.5 Å². The molecule has 2 aromatic rings. The number of nitrogens with two attached hydrogens (primary N) is 1. The van der Waals surface area contributed by atoms with Crippen molar-refractivity contribution in [3.05, 3.63) is 29.0 Å². The average Bonchev–Trinajstić information content (AvgIpc) is 2.40. The van der Waals surface area contributed by atoms with E-state index < -0.39 is 5.82 Å². The molecule has 2 rings (SSSR count). The molecular weight excluding hydrogens is 287 g/mol. The van der Waals surface area contributed by atoms with Crippen LogP contribution < -0.4 is 15.2 Å². The van der Waals surface area contributed by atoms with Crippen LogP contribution in [0.25, 0.3) is 0 Å². The first kappa shape index (κ1) is 14.3. The Morgan fingerprint density at radius 3 is 2.70 bits per heavy atom. The molecule has 1 aromatic heterocycles. The van der Waals surface area contributed by atoms with Crippen molar-refractivity contribution >= 4 is 17.5 Å². The van der Waals surface area contributed by atoms with Crippen LogP contribution in [0.5, 0.6) is 17.8 Å². The molecule has 0 fully saturated rings. The lowest BCUT2D eigenvalue weighted by Crippen LogP contribution is -2.05. The van der Waals surface area contributed by atoms with Crippen molar-refractivity contribution in [2.24, 2.45) is 0 Å². The minimum atomic E-state index is -0.603. The molecule has 0 unspecified atom stereocenters. The standard InChI is InChI=1S/C12H12ClFN4O2/c1-2-5-19-11-16-10(15)17-12(18-11)20-7-3-4-8(13)9(14)6-7/h3-4,6H,2,5H2,1H3,(H2,15,16,17,18). The summed E-state index contributed by atoms with van der Waals surface area (Å²) in [5, 5.41) is -0.000483. The molecule has 0 radical (unpaired) electrons. The molecule has 8 heteroatoms. The van der Waals surface area contributed by atoms with Gasteiger partial charge in [-0.2, -0.15) is 9.97 Å². The van der Waals surface area contributed by atoms with E-state index in [-0.39, 0.29) is 28.7 Å². The molecule has 106 valence electrons. The zero-order valence-electron chi connectivity index (χ0n) is 10.6. The maximum atomic E-state index is 13.3. The van der Waals surface area contributed by atoms with E-state index in [2.05, 4.69) is 15.0 Å². The molecule has 0 bridgehead atoms. The summed E-state index contributed by atoms with van der Waals surface area (Å²) in [4.78, 5) is 11.5. The van der Waals surface area contributed by atoms with Crippen molar-refractivity contribution in [3.63, 3.8) is 0 Å². The van der Waals surface area contributed by atoms with Crippen LogP contribution >= 0.6 is 11.6 Å². The van der Waals surface area contributed by atoms with Crippen LogP contribution in [0, 0.1) is 5.82 Å². The van der Waals surface area contributed by atoms with Crippen molar-refractivity contribution in [1.29, 1.82) is 0 Å². The smallest absolute Gasteiger partial charge is 0.330 e. The van der Waals surface area contributed by atoms with E-state index >= 15 is 0 Å². The highest BCUT2D eigenvalue weighted by atomic mass is 35.5. The molecule has 0 saturated heterocycles. The van der Waals surface area contributed by atoms with Gasteiger partial charge in [-0.3, -0.25) is 0 Å². The highest BCUT2D eigenvalue weighted by molar-refractivity contribution is 6.30. The molecule has 1 heterocycles. The fourth-order valence-electron chi connectivity index (χ4n) is 1.30. The van der Waals surface area contributed by atoms with Gasteiger partial charge in [-0.15, -0.1) is 4.98 Å². The van der Waals surface area contributed by atoms with E-state index in [0.29, 0.717) is 6.61 Å². The lowest BCUT2D eigenvalue weighted by atomic mass is 10.3. The molecule has 6 nitrogen and oxygen atoms in total. The summed E-state index contributed by atoms with van der Waals surface area (Å²) in [6, 6.07) is 3.95. The Labute approximate surface area is 119 Å². The van der Waals surface area contributed by atoms with Gasteiger partial charge >= 0.3 is 12.0 Å². The first-order valence-electron chi connectivity index (χ1n) is 5.85. The third-order valence-electron chi connectivity index (χ3n) is 2.15. The van der Waals surface area contributed by atoms with Crippen LogP contribution in [0.4, 0.5) is 10.3 Å². The Morgan fingerprint density at radius 1 is 1.25 bits per heavy atom. The summed E-state index contributed by atoms with van der Waals surface area (Å²) >= 11 is 5.58. The number of halogens is 2. The highest BCUT2D eigenvalue weighted by Crippen LogP contribution is 2.24. The summed E-state index contributed by atoms with van der Waals surface area (Å²) in [6.45, 7) is 2.39. The van der Waals surface area contributed by atoms with Gasteiger partial charge in [0, 0.05) is 6.07 Å². The fourth-order valence-corrected chi connectivity index (χ4v) is 1.42. The van der Waals surface area contributed by atoms with Crippen LogP contribution in [0.1, 0.15) is 13.3 Å². The predicted octanol–water partition coefficient (Wildman–Crippen LogP) is 2.83. The monoisotopic (exact) mass is 298 g/mol. The summed E-state index contributed by atoms with van der Waals surface area (Å²) in [5.74, 6) is -0.455. The van der Waals surface area contributed by atoms with E-state index in [9.17, 15) is 4.39 Å². The molecule has 0 spiro atoms. The largest absolute Gasteiger partial charge is 0.463 e. The van der Waals surface area contributed by atoms with Crippen molar-refractivity contribution in [2.45, 2.75) is 13.3 Å². The Morgan fingerprint density at radius 2 is 2.00 bits per heavy atom. The Hall–Kier alpha value is -2.15. The Balaban J connectivity index is 2.19. The lowest BCUT2D eigenvalue weighted by molar-refractivity contribution is 0.285. The first-order valence-corrected chi connectivity index (χ1v) is 6.23. The summed E-state index contributed by atoms with van der Waals surface area (Å²) in [6.07, 6.45) is 0.796. The van der Waals surface area contributed by atoms with Gasteiger partial charge in [0.05, 0.1) is 11.6 Å². The number of benzene rings is 1. The number of rotatable bonds is 5. The first-order chi connectivity index (χ1) is 9.58. The van der Waals surface area contributed by atoms with Crippen LogP contribution in [-0.4, -0.2) is 21.6 Å². The summed E-state index contributed by atoms with van der Waals surface area (Å²) in [5.41, 5.74) is 5.52. The summed E-state index contributed by atoms with van der Waals surface area (Å²) in [7, 11) is 0. The number of nitrogens with zero attached hydrogens (tertiary/aromatic N) is 3. The number of nitrogen functional groups attached to an aromatic ring is 1. The van der Waals surface area contributed by atoms with Crippen molar-refractivity contribution in [2.75, 3.05) is 12.3 Å². The number of ether oxygens (including phenoxy) is 2. The Bertz CT molecular complexity index is 612. The zero-order chi connectivity index (χ0) is 14.5. The normalized spacial score (nSPS) is 10.3. The molecule has 0 aliphatic rings. The average molecular weight is 299 g/mol. The second-order valence-corrected chi connectivity index (χ2v) is 4.19. The fraction of sp³-hybridized carbons (Fsp3) is 0.250. The molecule has 0 amide bonds. The minimum Gasteiger partial charge on any atom is -0.463 e. The van der Waals surface area contributed by atoms with Gasteiger partial charge in [-0.25, -0.2) is 4.39 Å². The van der Waals surface area contributed by atoms with Crippen molar-refractivity contribution in [1.82, 2.24) is 15.0 Å². The second-order valence-electron chi connectivity index (χ2n) is 3.79. The topological polar surface area (TPSA) is 83.2 Å². The second kappa shape index (κ2) is 6.33. The SMILES string of the molecule is CCCOc1nc(N)nc(Oc2ccc(Cl)c(F)c2)n1. The minimum absolute atomic E-state index is 0.000483. The zero-order valence-corrected chi connectivity index (χ0v) is 11.4. The lowest BCUT2D eigenvalue weighted by Gasteiger charge is -2.07. The molecule has 0 saturated carbocycles. The van der Waals surface area contributed by atoms with Gasteiger partial charge in [0.1, 0.15) is 11.6 Å². The van der Waals surface area contributed by atoms with Gasteiger partial charge in [0.25, 0.3) is 0 Å².